The molecule has 44 heavy (non-hydrogen) atoms. The number of likely N-dealkylation sites (N-methyl/N-ethyl adjacent to an activating group) is 1. The number of carbonyl (C=O) groups is 3. The lowest BCUT2D eigenvalue weighted by molar-refractivity contribution is -0.169. The first-order valence-corrected chi connectivity index (χ1v) is 15.1. The first-order valence-electron chi connectivity index (χ1n) is 15.1. The molecule has 1 aliphatic heterocycles. The van der Waals surface area contributed by atoms with Crippen molar-refractivity contribution in [2.24, 2.45) is 17.6 Å². The Kier molecular flexibility index (Phi) is 8.21. The van der Waals surface area contributed by atoms with Gasteiger partial charge < -0.3 is 36.0 Å². The molecule has 2 fully saturated rings. The maximum Gasteiger partial charge on any atom is 0.255 e. The van der Waals surface area contributed by atoms with Crippen molar-refractivity contribution in [1.82, 2.24) is 9.80 Å². The van der Waals surface area contributed by atoms with Crippen LogP contribution in [0.15, 0.2) is 29.0 Å². The molecule has 7 N–H and O–H groups in total. The molecule has 5 rings (SSSR count). The van der Waals surface area contributed by atoms with E-state index in [-0.39, 0.29) is 11.3 Å². The molecule has 240 valence electrons. The van der Waals surface area contributed by atoms with Gasteiger partial charge in [-0.05, 0) is 50.4 Å². The first kappa shape index (κ1) is 32.1. The number of morpholine rings is 1. The maximum atomic E-state index is 14.2. The highest BCUT2D eigenvalue weighted by atomic mass is 16.5. The number of aliphatic hydroxyl groups excluding tert-OH is 3. The summed E-state index contributed by atoms with van der Waals surface area (Å²) >= 11 is 0. The highest BCUT2D eigenvalue weighted by Crippen LogP contribution is 2.57. The van der Waals surface area contributed by atoms with E-state index >= 15 is 0 Å². The maximum absolute atomic E-state index is 14.2. The van der Waals surface area contributed by atoms with Crippen LogP contribution in [0.2, 0.25) is 0 Å². The predicted octanol–water partition coefficient (Wildman–Crippen LogP) is 0.886. The van der Waals surface area contributed by atoms with Gasteiger partial charge in [0, 0.05) is 30.1 Å². The van der Waals surface area contributed by atoms with Crippen LogP contribution in [0.4, 0.5) is 0 Å². The molecular formula is C32H43N3O9. The number of hydrogen-bond acceptors (Lipinski definition) is 11. The number of rotatable bonds is 7. The van der Waals surface area contributed by atoms with Crippen LogP contribution in [0, 0.1) is 11.8 Å². The fourth-order valence-electron chi connectivity index (χ4n) is 7.87. The number of aliphatic hydroxyl groups is 4. The number of nitrogens with zero attached hydrogens (tertiary/aromatic N) is 2. The molecule has 1 amide bonds. The third-order valence-corrected chi connectivity index (χ3v) is 10.2. The summed E-state index contributed by atoms with van der Waals surface area (Å²) < 4.78 is 5.42. The third kappa shape index (κ3) is 4.66. The lowest BCUT2D eigenvalue weighted by atomic mass is 9.54. The van der Waals surface area contributed by atoms with Gasteiger partial charge in [-0.2, -0.15) is 0 Å². The number of phenolic OH excluding ortho intramolecular Hbond substituents is 1. The summed E-state index contributed by atoms with van der Waals surface area (Å²) in [5, 5.41) is 58.0. The number of primary amides is 1. The minimum Gasteiger partial charge on any atom is -0.508 e. The standard InChI is InChI=1S/C32H43N3O9/c1-15-16-7-8-17(31(2,3)9-6-10-35-11-13-44-14-12-35)24(36)19(16)25(37)20-18(15)26(38)22-23(34(4)5)27(39)21(30(33)42)29(41)32(22,43)28(20)40/h7-8,15,18,22-23,26,36-38,41,43H,6,9-14H2,1-5H3,(H2,33,42)/t15-,18+,22+,23-,26-,32-/m1/s1. The number of ketones is 2. The molecule has 0 aromatic heterocycles. The van der Waals surface area contributed by atoms with Gasteiger partial charge in [-0.3, -0.25) is 24.2 Å². The molecule has 0 bridgehead atoms. The summed E-state index contributed by atoms with van der Waals surface area (Å²) in [6.45, 7) is 9.72. The minimum atomic E-state index is -2.93. The van der Waals surface area contributed by atoms with Gasteiger partial charge in [-0.25, -0.2) is 0 Å². The SMILES string of the molecule is C[C@@H]1c2ccc(C(C)(C)CCCN3CCOCC3)c(O)c2C(O)=C2C(=O)[C@@]3(O)C(O)=C(C(N)=O)C(=O)[C@H](N(C)C)[C@H]3[C@H](O)[C@H]21. The second-order valence-corrected chi connectivity index (χ2v) is 13.4. The number of Topliss-reactive ketones (excluding diaryl/α,β-unsaturated/α-hetero) is 2. The Morgan fingerprint density at radius 2 is 1.80 bits per heavy atom. The summed E-state index contributed by atoms with van der Waals surface area (Å²) in [4.78, 5) is 43.4. The summed E-state index contributed by atoms with van der Waals surface area (Å²) in [7, 11) is 2.96. The van der Waals surface area contributed by atoms with Crippen LogP contribution in [-0.4, -0.2) is 117 Å². The van der Waals surface area contributed by atoms with E-state index in [2.05, 4.69) is 4.90 Å². The fourth-order valence-corrected chi connectivity index (χ4v) is 7.87. The van der Waals surface area contributed by atoms with Crippen molar-refractivity contribution in [2.45, 2.75) is 62.7 Å². The van der Waals surface area contributed by atoms with Crippen molar-refractivity contribution in [2.75, 3.05) is 46.9 Å². The van der Waals surface area contributed by atoms with Crippen LogP contribution in [0.25, 0.3) is 5.76 Å². The van der Waals surface area contributed by atoms with Crippen LogP contribution in [0.1, 0.15) is 56.2 Å². The molecule has 1 saturated heterocycles. The molecule has 12 nitrogen and oxygen atoms in total. The van der Waals surface area contributed by atoms with Crippen molar-refractivity contribution in [1.29, 1.82) is 0 Å². The van der Waals surface area contributed by atoms with Crippen molar-refractivity contribution in [3.8, 4) is 5.75 Å². The molecule has 6 atom stereocenters. The molecule has 0 unspecified atom stereocenters. The van der Waals surface area contributed by atoms with Gasteiger partial charge in [0.25, 0.3) is 5.91 Å². The Balaban J connectivity index is 1.59. The molecule has 4 aliphatic rings. The summed E-state index contributed by atoms with van der Waals surface area (Å²) in [5.41, 5.74) is 1.67. The van der Waals surface area contributed by atoms with Gasteiger partial charge in [-0.1, -0.05) is 32.9 Å². The Morgan fingerprint density at radius 3 is 2.39 bits per heavy atom. The van der Waals surface area contributed by atoms with Gasteiger partial charge in [-0.15, -0.1) is 0 Å². The van der Waals surface area contributed by atoms with Gasteiger partial charge in [0.1, 0.15) is 22.8 Å². The smallest absolute Gasteiger partial charge is 0.255 e. The van der Waals surface area contributed by atoms with Crippen LogP contribution < -0.4 is 5.73 Å². The Morgan fingerprint density at radius 1 is 1.16 bits per heavy atom. The zero-order valence-electron chi connectivity index (χ0n) is 25.8. The molecule has 1 aromatic carbocycles. The van der Waals surface area contributed by atoms with Crippen molar-refractivity contribution < 1.29 is 44.7 Å². The van der Waals surface area contributed by atoms with Gasteiger partial charge in [0.05, 0.1) is 36.8 Å². The molecule has 12 heteroatoms. The summed E-state index contributed by atoms with van der Waals surface area (Å²) in [5.74, 6) is -8.85. The normalized spacial score (nSPS) is 31.2. The molecule has 1 saturated carbocycles. The quantitative estimate of drug-likeness (QED) is 0.239. The van der Waals surface area contributed by atoms with Crippen LogP contribution >= 0.6 is 0 Å². The highest BCUT2D eigenvalue weighted by Gasteiger charge is 2.68. The van der Waals surface area contributed by atoms with E-state index in [9.17, 15) is 39.9 Å². The van der Waals surface area contributed by atoms with Gasteiger partial charge >= 0.3 is 0 Å². The number of nitrogens with two attached hydrogens (primary N) is 1. The lowest BCUT2D eigenvalue weighted by Gasteiger charge is -2.53. The predicted molar refractivity (Wildman–Crippen MR) is 160 cm³/mol. The van der Waals surface area contributed by atoms with E-state index < -0.39 is 81.1 Å². The number of phenols is 1. The second kappa shape index (κ2) is 11.3. The van der Waals surface area contributed by atoms with E-state index in [0.717, 1.165) is 32.5 Å². The zero-order chi connectivity index (χ0) is 32.5. The lowest BCUT2D eigenvalue weighted by Crippen LogP contribution is -2.70. The molecule has 0 spiro atoms. The van der Waals surface area contributed by atoms with Gasteiger partial charge in [0.2, 0.25) is 5.78 Å². The first-order chi connectivity index (χ1) is 20.6. The average molecular weight is 614 g/mol. The second-order valence-electron chi connectivity index (χ2n) is 13.4. The largest absolute Gasteiger partial charge is 0.508 e. The van der Waals surface area contributed by atoms with Crippen molar-refractivity contribution in [3.63, 3.8) is 0 Å². The monoisotopic (exact) mass is 613 g/mol. The van der Waals surface area contributed by atoms with Crippen LogP contribution in [0.3, 0.4) is 0 Å². The molecule has 0 radical (unpaired) electrons. The van der Waals surface area contributed by atoms with Crippen LogP contribution in [0.5, 0.6) is 5.75 Å². The van der Waals surface area contributed by atoms with Gasteiger partial charge in [0.15, 0.2) is 11.4 Å². The van der Waals surface area contributed by atoms with E-state index in [1.165, 1.54) is 19.0 Å². The Bertz CT molecular complexity index is 1460. The number of ether oxygens (including phenoxy) is 1. The van der Waals surface area contributed by atoms with E-state index in [1.54, 1.807) is 19.1 Å². The molecule has 3 aliphatic carbocycles. The number of fused-ring (bicyclic) bond motifs is 3. The number of carbonyl (C=O) groups excluding carboxylic acids is 3. The van der Waals surface area contributed by atoms with E-state index in [0.29, 0.717) is 24.3 Å². The Labute approximate surface area is 256 Å². The third-order valence-electron chi connectivity index (χ3n) is 10.2. The summed E-state index contributed by atoms with van der Waals surface area (Å²) in [6, 6.07) is 2.18. The average Bonchev–Trinajstić information content (AvgIpc) is 2.95. The summed E-state index contributed by atoms with van der Waals surface area (Å²) in [6.07, 6.45) is -0.0440. The van der Waals surface area contributed by atoms with Crippen molar-refractivity contribution in [3.05, 3.63) is 45.7 Å². The number of benzene rings is 1. The van der Waals surface area contributed by atoms with Crippen LogP contribution in [-0.2, 0) is 24.5 Å². The molecule has 1 aromatic rings. The fraction of sp³-hybridized carbons (Fsp3) is 0.594. The highest BCUT2D eigenvalue weighted by molar-refractivity contribution is 6.24. The van der Waals surface area contributed by atoms with E-state index in [4.69, 9.17) is 10.5 Å². The molecular weight excluding hydrogens is 570 g/mol. The minimum absolute atomic E-state index is 0.0137. The molecule has 1 heterocycles. The topological polar surface area (TPSA) is 194 Å². The number of amides is 1. The van der Waals surface area contributed by atoms with E-state index in [1.807, 2.05) is 13.8 Å². The Hall–Kier alpha value is -3.29. The number of hydrogen-bond donors (Lipinski definition) is 6. The number of aromatic hydroxyl groups is 1. The zero-order valence-corrected chi connectivity index (χ0v) is 25.8. The van der Waals surface area contributed by atoms with Crippen molar-refractivity contribution >= 4 is 23.2 Å².